The number of carbonyl (C=O) groups excluding carboxylic acids is 4. The Balaban J connectivity index is 1.51. The zero-order valence-electron chi connectivity index (χ0n) is 24.0. The molecule has 2 bridgehead atoms. The highest BCUT2D eigenvalue weighted by Gasteiger charge is 2.58. The lowest BCUT2D eigenvalue weighted by molar-refractivity contribution is -0.172. The summed E-state index contributed by atoms with van der Waals surface area (Å²) >= 11 is 0. The highest BCUT2D eigenvalue weighted by molar-refractivity contribution is 6.13. The summed E-state index contributed by atoms with van der Waals surface area (Å²) in [6, 6.07) is 4.38. The van der Waals surface area contributed by atoms with E-state index in [4.69, 9.17) is 9.47 Å². The lowest BCUT2D eigenvalue weighted by atomic mass is 9.61. The molecule has 5 N–H and O–H groups in total. The molecule has 1 spiro atoms. The summed E-state index contributed by atoms with van der Waals surface area (Å²) in [6.07, 6.45) is -1.49. The van der Waals surface area contributed by atoms with Crippen molar-refractivity contribution in [3.05, 3.63) is 69.3 Å². The molecule has 2 aromatic rings. The Morgan fingerprint density at radius 1 is 1.07 bits per heavy atom. The minimum absolute atomic E-state index is 0.0621. The first-order valence-corrected chi connectivity index (χ1v) is 13.9. The van der Waals surface area contributed by atoms with Crippen LogP contribution >= 0.6 is 0 Å². The van der Waals surface area contributed by atoms with Gasteiger partial charge < -0.3 is 39.7 Å². The van der Waals surface area contributed by atoms with Gasteiger partial charge in [0, 0.05) is 12.0 Å². The molecule has 0 amide bonds. The molecule has 230 valence electrons. The fourth-order valence-corrected chi connectivity index (χ4v) is 7.16. The number of hydrogen-bond acceptors (Lipinski definition) is 12. The maximum atomic E-state index is 14.0. The number of hydrogen-bond donors (Lipinski definition) is 5. The predicted molar refractivity (Wildman–Crippen MR) is 150 cm³/mol. The fraction of sp³-hybridized carbons (Fsp3) is 0.375. The summed E-state index contributed by atoms with van der Waals surface area (Å²) in [7, 11) is 2.21. The number of aliphatic hydroxyl groups is 3. The van der Waals surface area contributed by atoms with Gasteiger partial charge in [-0.1, -0.05) is 18.2 Å². The molecule has 0 unspecified atom stereocenters. The average Bonchev–Trinajstić information content (AvgIpc) is 3.21. The molecule has 0 aromatic heterocycles. The van der Waals surface area contributed by atoms with Gasteiger partial charge in [0.1, 0.15) is 34.7 Å². The molecule has 0 saturated heterocycles. The van der Waals surface area contributed by atoms with Crippen LogP contribution in [-0.4, -0.2) is 75.0 Å². The first kappa shape index (κ1) is 29.4. The molecule has 12 heteroatoms. The van der Waals surface area contributed by atoms with Gasteiger partial charge in [-0.25, -0.2) is 4.79 Å². The molecule has 1 heterocycles. The van der Waals surface area contributed by atoms with Crippen LogP contribution in [0.15, 0.2) is 35.9 Å². The third-order valence-electron chi connectivity index (χ3n) is 9.23. The number of ether oxygens (including phenoxy) is 3. The van der Waals surface area contributed by atoms with Gasteiger partial charge in [0.15, 0.2) is 11.6 Å². The van der Waals surface area contributed by atoms with Crippen LogP contribution in [0.4, 0.5) is 0 Å². The number of benzene rings is 2. The first-order chi connectivity index (χ1) is 20.8. The van der Waals surface area contributed by atoms with Gasteiger partial charge in [-0.2, -0.15) is 0 Å². The largest absolute Gasteiger partial charge is 0.507 e. The Labute approximate surface area is 250 Å². The van der Waals surface area contributed by atoms with Crippen molar-refractivity contribution in [2.75, 3.05) is 14.2 Å². The van der Waals surface area contributed by atoms with Crippen molar-refractivity contribution in [2.45, 2.75) is 56.3 Å². The van der Waals surface area contributed by atoms with Crippen LogP contribution in [-0.2, 0) is 30.3 Å². The number of allylic oxidation sites excluding steroid dienone is 1. The smallest absolute Gasteiger partial charge is 0.353 e. The second-order valence-electron chi connectivity index (χ2n) is 11.7. The zero-order valence-corrected chi connectivity index (χ0v) is 24.0. The maximum absolute atomic E-state index is 14.0. The summed E-state index contributed by atoms with van der Waals surface area (Å²) in [5.74, 6) is -5.96. The van der Waals surface area contributed by atoms with Crippen LogP contribution in [0.25, 0.3) is 5.76 Å². The number of rotatable bonds is 5. The number of aryl methyl sites for hydroxylation is 1. The van der Waals surface area contributed by atoms with Gasteiger partial charge >= 0.3 is 11.9 Å². The Morgan fingerprint density at radius 3 is 2.48 bits per heavy atom. The lowest BCUT2D eigenvalue weighted by Crippen LogP contribution is -2.58. The van der Waals surface area contributed by atoms with Crippen LogP contribution in [0.3, 0.4) is 0 Å². The van der Waals surface area contributed by atoms with E-state index in [0.717, 1.165) is 14.2 Å². The maximum Gasteiger partial charge on any atom is 0.353 e. The molecule has 5 aliphatic rings. The Kier molecular flexibility index (Phi) is 6.63. The van der Waals surface area contributed by atoms with Crippen LogP contribution < -0.4 is 4.74 Å². The molecule has 44 heavy (non-hydrogen) atoms. The highest BCUT2D eigenvalue weighted by atomic mass is 16.6. The van der Waals surface area contributed by atoms with Gasteiger partial charge in [0.25, 0.3) is 0 Å². The van der Waals surface area contributed by atoms with Crippen molar-refractivity contribution in [2.24, 2.45) is 5.41 Å². The molecule has 4 aliphatic carbocycles. The summed E-state index contributed by atoms with van der Waals surface area (Å²) in [5, 5.41) is 56.4. The summed E-state index contributed by atoms with van der Waals surface area (Å²) in [4.78, 5) is 52.4. The van der Waals surface area contributed by atoms with Gasteiger partial charge in [-0.05, 0) is 48.6 Å². The van der Waals surface area contributed by atoms with E-state index in [-0.39, 0.29) is 64.2 Å². The number of Topliss-reactive ketones (excluding diaryl/α,β-unsaturated/α-hetero) is 2. The van der Waals surface area contributed by atoms with Crippen molar-refractivity contribution in [1.82, 2.24) is 0 Å². The van der Waals surface area contributed by atoms with Crippen LogP contribution in [0.1, 0.15) is 69.5 Å². The second kappa shape index (κ2) is 9.93. The van der Waals surface area contributed by atoms with Crippen molar-refractivity contribution in [1.29, 1.82) is 0 Å². The molecule has 0 fully saturated rings. The Hall–Kier alpha value is -4.68. The number of phenolic OH excluding ortho intramolecular Hbond substituents is 2. The van der Waals surface area contributed by atoms with E-state index >= 15 is 0 Å². The monoisotopic (exact) mass is 606 g/mol. The van der Waals surface area contributed by atoms with Crippen molar-refractivity contribution < 1.29 is 58.9 Å². The third-order valence-corrected chi connectivity index (χ3v) is 9.23. The molecule has 5 atom stereocenters. The number of esters is 2. The first-order valence-electron chi connectivity index (χ1n) is 13.9. The summed E-state index contributed by atoms with van der Waals surface area (Å²) in [5.41, 5.74) is -3.14. The number of phenols is 2. The molecular weight excluding hydrogens is 576 g/mol. The van der Waals surface area contributed by atoms with Crippen LogP contribution in [0.2, 0.25) is 0 Å². The minimum Gasteiger partial charge on any atom is -0.507 e. The normalized spacial score (nSPS) is 26.9. The topological polar surface area (TPSA) is 197 Å². The van der Waals surface area contributed by atoms with E-state index < -0.39 is 70.6 Å². The molecule has 12 nitrogen and oxygen atoms in total. The van der Waals surface area contributed by atoms with Gasteiger partial charge in [-0.15, -0.1) is 0 Å². The SMILES string of the molecule is COC(=O)CC[C@H](O)[C@@]1(C(=O)OC)CC(=O)c2c(cc3c(c2O)[C@@H]2C=C[C@]4(C3)C(=C(O)c3c(O)cc(C)cc3[C@@H]4O)C2=O)O1. The Morgan fingerprint density at radius 2 is 1.80 bits per heavy atom. The number of aliphatic hydroxyl groups excluding tert-OH is 3. The van der Waals surface area contributed by atoms with Gasteiger partial charge in [0.2, 0.25) is 5.60 Å². The Bertz CT molecular complexity index is 1730. The van der Waals surface area contributed by atoms with Crippen LogP contribution in [0, 0.1) is 12.3 Å². The van der Waals surface area contributed by atoms with E-state index in [1.54, 1.807) is 19.1 Å². The van der Waals surface area contributed by atoms with E-state index in [1.165, 1.54) is 18.2 Å². The number of carbonyl (C=O) groups is 4. The molecule has 2 aromatic carbocycles. The molecule has 1 aliphatic heterocycles. The number of aromatic hydroxyl groups is 2. The number of methoxy groups -OCH3 is 2. The minimum atomic E-state index is -2.26. The fourth-order valence-electron chi connectivity index (χ4n) is 7.16. The second-order valence-corrected chi connectivity index (χ2v) is 11.7. The van der Waals surface area contributed by atoms with E-state index in [1.807, 2.05) is 0 Å². The number of fused-ring (bicyclic) bond motifs is 2. The van der Waals surface area contributed by atoms with E-state index in [9.17, 15) is 44.7 Å². The number of ketones is 2. The van der Waals surface area contributed by atoms with Crippen molar-refractivity contribution >= 4 is 29.3 Å². The predicted octanol–water partition coefficient (Wildman–Crippen LogP) is 2.38. The molecule has 0 radical (unpaired) electrons. The van der Waals surface area contributed by atoms with E-state index in [2.05, 4.69) is 4.74 Å². The summed E-state index contributed by atoms with van der Waals surface area (Å²) in [6.45, 7) is 1.70. The summed E-state index contributed by atoms with van der Waals surface area (Å²) < 4.78 is 15.5. The van der Waals surface area contributed by atoms with Gasteiger partial charge in [-0.3, -0.25) is 14.4 Å². The lowest BCUT2D eigenvalue weighted by Gasteiger charge is -2.43. The highest BCUT2D eigenvalue weighted by Crippen LogP contribution is 2.61. The van der Waals surface area contributed by atoms with E-state index in [0.29, 0.717) is 5.56 Å². The molecule has 0 saturated carbocycles. The van der Waals surface area contributed by atoms with Crippen molar-refractivity contribution in [3.8, 4) is 17.2 Å². The molecular formula is C32H30O12. The quantitative estimate of drug-likeness (QED) is 0.246. The van der Waals surface area contributed by atoms with Gasteiger partial charge in [0.05, 0.1) is 49.2 Å². The van der Waals surface area contributed by atoms with Crippen LogP contribution in [0.5, 0.6) is 17.2 Å². The van der Waals surface area contributed by atoms with Crippen molar-refractivity contribution in [3.63, 3.8) is 0 Å². The standard InChI is InChI=1S/C32H30O12/c1-13-8-16-23(17(33)9-13)28(39)25-26(37)15-6-7-31(25,29(16)40)11-14-10-19-24(27(38)22(14)15)18(34)12-32(44-19,30(41)43-3)20(35)4-5-21(36)42-2/h6-10,15,20,29,33,35,38-40H,4-5,11-12H2,1-3H3/t15-,20-,29-,31-,32+/m0/s1. The average molecular weight is 607 g/mol. The zero-order chi connectivity index (χ0) is 31.9. The third kappa shape index (κ3) is 3.83. The molecule has 7 rings (SSSR count).